The zero-order valence-corrected chi connectivity index (χ0v) is 19.1. The van der Waals surface area contributed by atoms with Crippen molar-refractivity contribution in [2.24, 2.45) is 5.73 Å². The van der Waals surface area contributed by atoms with Crippen LogP contribution in [-0.4, -0.2) is 23.1 Å². The lowest BCUT2D eigenvalue weighted by atomic mass is 9.75. The topological polar surface area (TPSA) is 108 Å². The number of benzene rings is 2. The molecule has 0 saturated carbocycles. The molecule has 7 heteroatoms. The van der Waals surface area contributed by atoms with Crippen molar-refractivity contribution in [3.63, 3.8) is 0 Å². The van der Waals surface area contributed by atoms with Crippen molar-refractivity contribution in [1.82, 2.24) is 10.2 Å². The molecule has 34 heavy (non-hydrogen) atoms. The average Bonchev–Trinajstić information content (AvgIpc) is 3.24. The number of carbonyl (C=O) groups excluding carboxylic acids is 1. The summed E-state index contributed by atoms with van der Waals surface area (Å²) in [5.74, 6) is 1.14. The summed E-state index contributed by atoms with van der Waals surface area (Å²) in [5, 5.41) is 17.9. The van der Waals surface area contributed by atoms with Crippen LogP contribution in [0, 0.1) is 18.3 Å². The highest BCUT2D eigenvalue weighted by Crippen LogP contribution is 2.48. The molecule has 3 aromatic rings. The smallest absolute Gasteiger partial charge is 0.168 e. The van der Waals surface area contributed by atoms with Crippen molar-refractivity contribution in [3.05, 3.63) is 88.5 Å². The summed E-state index contributed by atoms with van der Waals surface area (Å²) >= 11 is 0. The highest BCUT2D eigenvalue weighted by atomic mass is 16.5. The molecule has 7 nitrogen and oxygen atoms in total. The molecule has 2 heterocycles. The van der Waals surface area contributed by atoms with Gasteiger partial charge in [0.1, 0.15) is 11.6 Å². The lowest BCUT2D eigenvalue weighted by Crippen LogP contribution is -2.39. The Morgan fingerprint density at radius 3 is 2.56 bits per heavy atom. The maximum absolute atomic E-state index is 13.3. The zero-order valence-electron chi connectivity index (χ0n) is 19.1. The molecule has 1 atom stereocenters. The number of hydrogen-bond acceptors (Lipinski definition) is 6. The summed E-state index contributed by atoms with van der Waals surface area (Å²) < 4.78 is 5.29. The number of rotatable bonds is 4. The molecule has 0 fully saturated rings. The maximum atomic E-state index is 13.3. The average molecular weight is 452 g/mol. The predicted octanol–water partition coefficient (Wildman–Crippen LogP) is 4.70. The second-order valence-electron chi connectivity index (χ2n) is 8.50. The Hall–Kier alpha value is -4.31. The van der Waals surface area contributed by atoms with Crippen LogP contribution in [0.2, 0.25) is 0 Å². The van der Waals surface area contributed by atoms with Crippen LogP contribution in [0.5, 0.6) is 5.75 Å². The molecule has 2 aliphatic rings. The van der Waals surface area contributed by atoms with Gasteiger partial charge < -0.3 is 10.5 Å². The van der Waals surface area contributed by atoms with Gasteiger partial charge in [-0.15, -0.1) is 0 Å². The molecule has 0 amide bonds. The van der Waals surface area contributed by atoms with E-state index in [4.69, 9.17) is 10.5 Å². The summed E-state index contributed by atoms with van der Waals surface area (Å²) in [7, 11) is 1.60. The van der Waals surface area contributed by atoms with Gasteiger partial charge in [-0.05, 0) is 43.0 Å². The maximum Gasteiger partial charge on any atom is 0.168 e. The third kappa shape index (κ3) is 3.35. The first-order valence-electron chi connectivity index (χ1n) is 11.3. The summed E-state index contributed by atoms with van der Waals surface area (Å²) in [6, 6.07) is 19.7. The summed E-state index contributed by atoms with van der Waals surface area (Å²) in [4.78, 5) is 15.1. The van der Waals surface area contributed by atoms with Crippen molar-refractivity contribution < 1.29 is 9.53 Å². The summed E-state index contributed by atoms with van der Waals surface area (Å²) in [6.07, 6.45) is 1.85. The van der Waals surface area contributed by atoms with Crippen LogP contribution < -0.4 is 15.4 Å². The first-order chi connectivity index (χ1) is 16.5. The first kappa shape index (κ1) is 21.5. The standard InChI is InChI=1S/C27H25N5O2/c1-16-23(17-7-4-3-5-8-17)27(31-30-16)32-21-9-6-10-22(33)25(21)24(20(15-28)26(32)29)18-11-13-19(34-2)14-12-18/h3-5,7-8,11-14,24H,6,9-10,29H2,1-2H3,(H,30,31)/t24-/m0/s1. The molecule has 0 spiro atoms. The molecule has 3 N–H and O–H groups in total. The van der Waals surface area contributed by atoms with Crippen molar-refractivity contribution in [1.29, 1.82) is 5.26 Å². The monoisotopic (exact) mass is 451 g/mol. The van der Waals surface area contributed by atoms with Gasteiger partial charge in [0.2, 0.25) is 0 Å². The van der Waals surface area contributed by atoms with Crippen LogP contribution in [0.25, 0.3) is 11.1 Å². The highest BCUT2D eigenvalue weighted by Gasteiger charge is 2.41. The number of H-pyrrole nitrogens is 1. The number of aromatic amines is 1. The SMILES string of the molecule is COc1ccc([C@H]2C(C#N)=C(N)N(c3n[nH]c(C)c3-c3ccccc3)C3=C2C(=O)CCC3)cc1. The van der Waals surface area contributed by atoms with Crippen molar-refractivity contribution in [2.75, 3.05) is 12.0 Å². The number of methoxy groups -OCH3 is 1. The lowest BCUT2D eigenvalue weighted by molar-refractivity contribution is -0.116. The van der Waals surface area contributed by atoms with Gasteiger partial charge in [-0.1, -0.05) is 42.5 Å². The Bertz CT molecular complexity index is 1360. The highest BCUT2D eigenvalue weighted by molar-refractivity contribution is 6.01. The number of hydrogen-bond donors (Lipinski definition) is 2. The van der Waals surface area contributed by atoms with E-state index in [1.807, 2.05) is 66.4 Å². The number of allylic oxidation sites excluding steroid dienone is 3. The number of nitrogens with two attached hydrogens (primary N) is 1. The Balaban J connectivity index is 1.74. The Kier molecular flexibility index (Phi) is 5.42. The Morgan fingerprint density at radius 1 is 1.15 bits per heavy atom. The van der Waals surface area contributed by atoms with Crippen LogP contribution in [-0.2, 0) is 4.79 Å². The molecule has 5 rings (SSSR count). The van der Waals surface area contributed by atoms with Crippen LogP contribution >= 0.6 is 0 Å². The predicted molar refractivity (Wildman–Crippen MR) is 130 cm³/mol. The van der Waals surface area contributed by atoms with Crippen molar-refractivity contribution in [2.45, 2.75) is 32.1 Å². The van der Waals surface area contributed by atoms with Gasteiger partial charge in [-0.25, -0.2) is 0 Å². The van der Waals surface area contributed by atoms with Crippen LogP contribution in [0.15, 0.2) is 77.3 Å². The Morgan fingerprint density at radius 2 is 1.88 bits per heavy atom. The molecule has 1 aliphatic carbocycles. The van der Waals surface area contributed by atoms with Gasteiger partial charge in [0.25, 0.3) is 0 Å². The number of carbonyl (C=O) groups is 1. The largest absolute Gasteiger partial charge is 0.497 e. The number of nitrogens with zero attached hydrogens (tertiary/aromatic N) is 3. The second kappa shape index (κ2) is 8.56. The minimum atomic E-state index is -0.518. The fourth-order valence-electron chi connectivity index (χ4n) is 4.99. The first-order valence-corrected chi connectivity index (χ1v) is 11.3. The number of aryl methyl sites for hydroxylation is 1. The van der Waals surface area contributed by atoms with Crippen molar-refractivity contribution >= 4 is 11.6 Å². The van der Waals surface area contributed by atoms with Gasteiger partial charge >= 0.3 is 0 Å². The number of ether oxygens (including phenoxy) is 1. The number of ketones is 1. The number of nitriles is 1. The molecule has 0 bridgehead atoms. The molecule has 1 aliphatic heterocycles. The molecule has 1 aromatic heterocycles. The van der Waals surface area contributed by atoms with Crippen molar-refractivity contribution in [3.8, 4) is 22.9 Å². The van der Waals surface area contributed by atoms with Crippen LogP contribution in [0.3, 0.4) is 0 Å². The van der Waals surface area contributed by atoms with Gasteiger partial charge in [0, 0.05) is 28.9 Å². The quantitative estimate of drug-likeness (QED) is 0.595. The van der Waals surface area contributed by atoms with Crippen LogP contribution in [0.4, 0.5) is 5.82 Å². The van der Waals surface area contributed by atoms with E-state index >= 15 is 0 Å². The minimum absolute atomic E-state index is 0.0424. The lowest BCUT2D eigenvalue weighted by Gasteiger charge is -2.39. The van der Waals surface area contributed by atoms with E-state index < -0.39 is 5.92 Å². The number of nitrogens with one attached hydrogen (secondary N) is 1. The summed E-state index contributed by atoms with van der Waals surface area (Å²) in [5.41, 5.74) is 12.1. The van der Waals surface area contributed by atoms with E-state index in [9.17, 15) is 10.1 Å². The van der Waals surface area contributed by atoms with Crippen LogP contribution in [0.1, 0.15) is 36.4 Å². The molecular formula is C27H25N5O2. The van der Waals surface area contributed by atoms with Gasteiger partial charge in [0.15, 0.2) is 11.6 Å². The molecule has 170 valence electrons. The van der Waals surface area contributed by atoms with E-state index in [-0.39, 0.29) is 5.78 Å². The number of Topliss-reactive ketones (excluding diaryl/α,β-unsaturated/α-hetero) is 1. The third-order valence-corrected chi connectivity index (χ3v) is 6.56. The third-order valence-electron chi connectivity index (χ3n) is 6.56. The molecule has 0 saturated heterocycles. The zero-order chi connectivity index (χ0) is 23.8. The number of aromatic nitrogens is 2. The van der Waals surface area contributed by atoms with E-state index in [1.54, 1.807) is 7.11 Å². The molecule has 0 radical (unpaired) electrons. The van der Waals surface area contributed by atoms with Gasteiger partial charge in [-0.2, -0.15) is 10.4 Å². The second-order valence-corrected chi connectivity index (χ2v) is 8.50. The molecule has 2 aromatic carbocycles. The van der Waals surface area contributed by atoms with Gasteiger partial charge in [-0.3, -0.25) is 14.8 Å². The molecular weight excluding hydrogens is 426 g/mol. The minimum Gasteiger partial charge on any atom is -0.497 e. The fraction of sp³-hybridized carbons (Fsp3) is 0.222. The van der Waals surface area contributed by atoms with E-state index in [1.165, 1.54) is 0 Å². The summed E-state index contributed by atoms with van der Waals surface area (Å²) in [6.45, 7) is 1.95. The van der Waals surface area contributed by atoms with E-state index in [2.05, 4.69) is 16.3 Å². The van der Waals surface area contributed by atoms with Gasteiger partial charge in [0.05, 0.1) is 24.7 Å². The fourth-order valence-corrected chi connectivity index (χ4v) is 4.99. The normalized spacial score (nSPS) is 18.1. The van der Waals surface area contributed by atoms with E-state index in [0.717, 1.165) is 34.5 Å². The number of anilines is 1. The Labute approximate surface area is 198 Å². The van der Waals surface area contributed by atoms with E-state index in [0.29, 0.717) is 41.4 Å². The molecule has 0 unspecified atom stereocenters.